The van der Waals surface area contributed by atoms with Gasteiger partial charge in [0.25, 0.3) is 5.56 Å². The molecule has 5 heteroatoms. The van der Waals surface area contributed by atoms with Crippen molar-refractivity contribution in [3.05, 3.63) is 87.8 Å². The Balaban J connectivity index is 1.90. The van der Waals surface area contributed by atoms with Crippen molar-refractivity contribution in [2.75, 3.05) is 0 Å². The Hall–Kier alpha value is -3.34. The molecule has 0 fully saturated rings. The van der Waals surface area contributed by atoms with Crippen LogP contribution < -0.4 is 5.56 Å². The van der Waals surface area contributed by atoms with E-state index in [0.29, 0.717) is 12.1 Å². The van der Waals surface area contributed by atoms with Gasteiger partial charge in [-0.25, -0.2) is 4.79 Å². The first kappa shape index (κ1) is 19.4. The predicted molar refractivity (Wildman–Crippen MR) is 109 cm³/mol. The molecule has 3 rings (SSSR count). The summed E-state index contributed by atoms with van der Waals surface area (Å²) in [5.41, 5.74) is 3.24. The summed E-state index contributed by atoms with van der Waals surface area (Å²) >= 11 is 0. The summed E-state index contributed by atoms with van der Waals surface area (Å²) < 4.78 is 1.68. The number of aromatic hydroxyl groups is 1. The maximum absolute atomic E-state index is 12.4. The van der Waals surface area contributed by atoms with Crippen molar-refractivity contribution in [3.63, 3.8) is 0 Å². The Labute approximate surface area is 163 Å². The highest BCUT2D eigenvalue weighted by molar-refractivity contribution is 5.95. The third-order valence-electron chi connectivity index (χ3n) is 4.75. The average molecular weight is 377 g/mol. The minimum absolute atomic E-state index is 0.00650. The summed E-state index contributed by atoms with van der Waals surface area (Å²) in [6, 6.07) is 17.3. The zero-order valence-corrected chi connectivity index (χ0v) is 15.8. The number of carboxylic acids is 1. The van der Waals surface area contributed by atoms with Gasteiger partial charge in [0.15, 0.2) is 0 Å². The van der Waals surface area contributed by atoms with Gasteiger partial charge in [0.05, 0.1) is 12.1 Å². The first-order valence-electron chi connectivity index (χ1n) is 9.34. The highest BCUT2D eigenvalue weighted by Gasteiger charge is 2.11. The lowest BCUT2D eigenvalue weighted by Crippen LogP contribution is -2.23. The molecule has 2 aromatic carbocycles. The number of benzene rings is 2. The van der Waals surface area contributed by atoms with E-state index in [1.165, 1.54) is 6.07 Å². The molecule has 3 aromatic rings. The number of rotatable bonds is 7. The number of hydrogen-bond donors (Lipinski definition) is 2. The van der Waals surface area contributed by atoms with Crippen LogP contribution in [0.2, 0.25) is 0 Å². The van der Waals surface area contributed by atoms with Crippen LogP contribution in [-0.2, 0) is 13.0 Å². The zero-order valence-electron chi connectivity index (χ0n) is 15.8. The Morgan fingerprint density at radius 3 is 2.43 bits per heavy atom. The van der Waals surface area contributed by atoms with Crippen LogP contribution in [0.1, 0.15) is 41.4 Å². The molecule has 0 saturated heterocycles. The van der Waals surface area contributed by atoms with Gasteiger partial charge >= 0.3 is 5.97 Å². The van der Waals surface area contributed by atoms with Crippen LogP contribution in [0.25, 0.3) is 11.1 Å². The standard InChI is InChI=1S/C23H23NO4/c1-2-3-6-18-13-19(25)14-22(26)24(18)15-16-9-11-17(12-10-16)20-7-4-5-8-21(20)23(27)28/h4-5,7-14,25H,2-3,6,15H2,1H3,(H,27,28). The van der Waals surface area contributed by atoms with Crippen molar-refractivity contribution in [2.45, 2.75) is 32.7 Å². The quantitative estimate of drug-likeness (QED) is 0.643. The lowest BCUT2D eigenvalue weighted by molar-refractivity contribution is 0.0697. The van der Waals surface area contributed by atoms with E-state index >= 15 is 0 Å². The number of nitrogens with zero attached hydrogens (tertiary/aromatic N) is 1. The highest BCUT2D eigenvalue weighted by atomic mass is 16.4. The molecule has 0 unspecified atom stereocenters. The third kappa shape index (κ3) is 4.31. The van der Waals surface area contributed by atoms with Gasteiger partial charge in [-0.15, -0.1) is 0 Å². The third-order valence-corrected chi connectivity index (χ3v) is 4.75. The monoisotopic (exact) mass is 377 g/mol. The molecule has 144 valence electrons. The van der Waals surface area contributed by atoms with E-state index in [4.69, 9.17) is 0 Å². The van der Waals surface area contributed by atoms with Crippen LogP contribution >= 0.6 is 0 Å². The molecular formula is C23H23NO4. The lowest BCUT2D eigenvalue weighted by Gasteiger charge is -2.14. The molecule has 0 saturated carbocycles. The SMILES string of the molecule is CCCCc1cc(O)cc(=O)n1Cc1ccc(-c2ccccc2C(=O)O)cc1. The van der Waals surface area contributed by atoms with Gasteiger partial charge in [-0.05, 0) is 41.7 Å². The van der Waals surface area contributed by atoms with Crippen molar-refractivity contribution in [1.29, 1.82) is 0 Å². The molecule has 1 aromatic heterocycles. The predicted octanol–water partition coefficient (Wildman–Crippen LogP) is 4.31. The number of carboxylic acid groups (broad SMARTS) is 1. The van der Waals surface area contributed by atoms with Crippen molar-refractivity contribution >= 4 is 5.97 Å². The van der Waals surface area contributed by atoms with Crippen LogP contribution in [0.3, 0.4) is 0 Å². The minimum Gasteiger partial charge on any atom is -0.508 e. The van der Waals surface area contributed by atoms with E-state index < -0.39 is 5.97 Å². The van der Waals surface area contributed by atoms with Crippen LogP contribution in [-0.4, -0.2) is 20.7 Å². The molecule has 0 aliphatic rings. The smallest absolute Gasteiger partial charge is 0.336 e. The summed E-state index contributed by atoms with van der Waals surface area (Å²) in [6.07, 6.45) is 2.67. The van der Waals surface area contributed by atoms with Crippen LogP contribution in [0.5, 0.6) is 5.75 Å². The Bertz CT molecular complexity index is 1040. The van der Waals surface area contributed by atoms with E-state index in [1.807, 2.05) is 30.3 Å². The zero-order chi connectivity index (χ0) is 20.1. The Morgan fingerprint density at radius 2 is 1.75 bits per heavy atom. The number of aromatic carboxylic acids is 1. The molecule has 28 heavy (non-hydrogen) atoms. The Morgan fingerprint density at radius 1 is 1.04 bits per heavy atom. The molecule has 0 spiro atoms. The molecule has 0 radical (unpaired) electrons. The van der Waals surface area contributed by atoms with Crippen molar-refractivity contribution in [1.82, 2.24) is 4.57 Å². The van der Waals surface area contributed by atoms with Crippen molar-refractivity contribution < 1.29 is 15.0 Å². The topological polar surface area (TPSA) is 79.5 Å². The molecular weight excluding hydrogens is 354 g/mol. The molecule has 0 aliphatic carbocycles. The maximum atomic E-state index is 12.4. The number of carbonyl (C=O) groups is 1. The second-order valence-electron chi connectivity index (χ2n) is 6.78. The maximum Gasteiger partial charge on any atom is 0.336 e. The van der Waals surface area contributed by atoms with E-state index in [-0.39, 0.29) is 16.9 Å². The number of pyridine rings is 1. The van der Waals surface area contributed by atoms with Crippen molar-refractivity contribution in [3.8, 4) is 16.9 Å². The lowest BCUT2D eigenvalue weighted by atomic mass is 9.98. The number of aryl methyl sites for hydroxylation is 1. The van der Waals surface area contributed by atoms with E-state index in [0.717, 1.165) is 36.1 Å². The minimum atomic E-state index is -0.962. The van der Waals surface area contributed by atoms with Gasteiger partial charge in [-0.3, -0.25) is 4.79 Å². The van der Waals surface area contributed by atoms with E-state index in [1.54, 1.807) is 28.8 Å². The van der Waals surface area contributed by atoms with E-state index in [2.05, 4.69) is 6.92 Å². The number of aromatic nitrogens is 1. The molecule has 5 nitrogen and oxygen atoms in total. The first-order chi connectivity index (χ1) is 13.5. The summed E-state index contributed by atoms with van der Waals surface area (Å²) in [6.45, 7) is 2.48. The number of hydrogen-bond acceptors (Lipinski definition) is 3. The van der Waals surface area contributed by atoms with Gasteiger partial charge in [-0.1, -0.05) is 55.8 Å². The molecule has 0 bridgehead atoms. The molecule has 2 N–H and O–H groups in total. The molecule has 0 amide bonds. The number of unbranched alkanes of at least 4 members (excludes halogenated alkanes) is 1. The van der Waals surface area contributed by atoms with E-state index in [9.17, 15) is 19.8 Å². The molecule has 0 aliphatic heterocycles. The van der Waals surface area contributed by atoms with Gasteiger partial charge in [0, 0.05) is 11.8 Å². The molecule has 0 atom stereocenters. The average Bonchev–Trinajstić information content (AvgIpc) is 2.69. The highest BCUT2D eigenvalue weighted by Crippen LogP contribution is 2.24. The largest absolute Gasteiger partial charge is 0.508 e. The summed E-state index contributed by atoms with van der Waals surface area (Å²) in [7, 11) is 0. The second-order valence-corrected chi connectivity index (χ2v) is 6.78. The summed E-state index contributed by atoms with van der Waals surface area (Å²) in [5, 5.41) is 19.1. The van der Waals surface area contributed by atoms with Gasteiger partial charge in [0.2, 0.25) is 0 Å². The molecule has 1 heterocycles. The van der Waals surface area contributed by atoms with Gasteiger partial charge in [0.1, 0.15) is 5.75 Å². The fourth-order valence-corrected chi connectivity index (χ4v) is 3.27. The van der Waals surface area contributed by atoms with Crippen molar-refractivity contribution in [2.24, 2.45) is 0 Å². The normalized spacial score (nSPS) is 10.8. The fraction of sp³-hybridized carbons (Fsp3) is 0.217. The van der Waals surface area contributed by atoms with Gasteiger partial charge in [-0.2, -0.15) is 0 Å². The first-order valence-corrected chi connectivity index (χ1v) is 9.34. The van der Waals surface area contributed by atoms with Gasteiger partial charge < -0.3 is 14.8 Å². The van der Waals surface area contributed by atoms with Crippen LogP contribution in [0.15, 0.2) is 65.5 Å². The fourth-order valence-electron chi connectivity index (χ4n) is 3.27. The summed E-state index contributed by atoms with van der Waals surface area (Å²) in [5.74, 6) is -0.969. The van der Waals surface area contributed by atoms with Crippen LogP contribution in [0, 0.1) is 0 Å². The second kappa shape index (κ2) is 8.57. The summed E-state index contributed by atoms with van der Waals surface area (Å²) in [4.78, 5) is 23.8. The Kier molecular flexibility index (Phi) is 5.94. The van der Waals surface area contributed by atoms with Crippen LogP contribution in [0.4, 0.5) is 0 Å².